The van der Waals surface area contributed by atoms with Gasteiger partial charge >= 0.3 is 5.97 Å². The summed E-state index contributed by atoms with van der Waals surface area (Å²) in [7, 11) is 0. The number of hydrogen-bond acceptors (Lipinski definition) is 2. The highest BCUT2D eigenvalue weighted by Crippen LogP contribution is 2.07. The number of rotatable bonds is 7. The van der Waals surface area contributed by atoms with E-state index in [-0.39, 0.29) is 17.3 Å². The molecule has 0 aromatic rings. The number of carbonyl (C=O) groups is 1. The summed E-state index contributed by atoms with van der Waals surface area (Å²) in [6, 6.07) is 0. The Morgan fingerprint density at radius 1 is 1.29 bits per heavy atom. The first-order valence-corrected chi connectivity index (χ1v) is 5.42. The Morgan fingerprint density at radius 2 is 1.93 bits per heavy atom. The van der Waals surface area contributed by atoms with Crippen molar-refractivity contribution in [2.45, 2.75) is 39.5 Å². The summed E-state index contributed by atoms with van der Waals surface area (Å²) in [5, 5.41) is 0. The highest BCUT2D eigenvalue weighted by molar-refractivity contribution is 6.26. The molecule has 2 N–H and O–H groups in total. The van der Waals surface area contributed by atoms with Crippen molar-refractivity contribution in [3.05, 3.63) is 0 Å². The molecule has 0 fully saturated rings. The maximum atomic E-state index is 10.6. The molecule has 0 atom stereocenters. The molecule has 3 nitrogen and oxygen atoms in total. The molecule has 0 saturated heterocycles. The normalized spacial score (nSPS) is 9.71. The molecule has 0 aliphatic heterocycles. The van der Waals surface area contributed by atoms with Crippen molar-refractivity contribution in [3.63, 3.8) is 0 Å². The molecule has 0 saturated carbocycles. The predicted molar refractivity (Wildman–Crippen MR) is 58.6 cm³/mol. The van der Waals surface area contributed by atoms with E-state index in [0.717, 1.165) is 18.8 Å². The molecule has 0 heterocycles. The van der Waals surface area contributed by atoms with Crippen molar-refractivity contribution < 1.29 is 15.0 Å². The zero-order chi connectivity index (χ0) is 10.1. The van der Waals surface area contributed by atoms with Crippen molar-refractivity contribution in [2.75, 3.05) is 12.5 Å². The van der Waals surface area contributed by atoms with E-state index in [1.165, 1.54) is 12.8 Å². The van der Waals surface area contributed by atoms with E-state index < -0.39 is 0 Å². The monoisotopic (exact) mass is 224 g/mol. The van der Waals surface area contributed by atoms with Crippen LogP contribution in [0, 0.1) is 5.92 Å². The fourth-order valence-electron chi connectivity index (χ4n) is 1.06. The van der Waals surface area contributed by atoms with Crippen molar-refractivity contribution in [2.24, 2.45) is 5.92 Å². The summed E-state index contributed by atoms with van der Waals surface area (Å²) in [5.74, 6) is 0.419. The van der Waals surface area contributed by atoms with E-state index >= 15 is 0 Å². The third kappa shape index (κ3) is 11.7. The average molecular weight is 225 g/mol. The maximum Gasteiger partial charge on any atom is 0.320 e. The van der Waals surface area contributed by atoms with Gasteiger partial charge in [-0.1, -0.05) is 33.1 Å². The van der Waals surface area contributed by atoms with Gasteiger partial charge in [0.15, 0.2) is 0 Å². The Kier molecular flexibility index (Phi) is 12.5. The predicted octanol–water partition coefficient (Wildman–Crippen LogP) is 2.16. The number of esters is 1. The summed E-state index contributed by atoms with van der Waals surface area (Å²) in [5.41, 5.74) is 0. The van der Waals surface area contributed by atoms with Crippen LogP contribution in [-0.2, 0) is 9.53 Å². The Balaban J connectivity index is 0. The van der Waals surface area contributed by atoms with E-state index in [4.69, 9.17) is 16.3 Å². The largest absolute Gasteiger partial charge is 0.465 e. The van der Waals surface area contributed by atoms with E-state index in [1.54, 1.807) is 0 Å². The number of carbonyl (C=O) groups excluding carboxylic acids is 1. The Labute approximate surface area is 91.1 Å². The molecule has 0 spiro atoms. The molecular formula is C10H21ClO3. The lowest BCUT2D eigenvalue weighted by molar-refractivity contribution is -0.140. The van der Waals surface area contributed by atoms with Crippen LogP contribution in [0.25, 0.3) is 0 Å². The van der Waals surface area contributed by atoms with Crippen molar-refractivity contribution >= 4 is 17.6 Å². The SMILES string of the molecule is CC(C)CCCCCOC(=O)CCl.O. The molecule has 0 rings (SSSR count). The number of alkyl halides is 1. The van der Waals surface area contributed by atoms with Crippen LogP contribution in [0.3, 0.4) is 0 Å². The van der Waals surface area contributed by atoms with Crippen LogP contribution in [-0.4, -0.2) is 23.9 Å². The molecular weight excluding hydrogens is 204 g/mol. The van der Waals surface area contributed by atoms with E-state index in [2.05, 4.69) is 13.8 Å². The van der Waals surface area contributed by atoms with Crippen molar-refractivity contribution in [1.82, 2.24) is 0 Å². The average Bonchev–Trinajstić information content (AvgIpc) is 2.10. The third-order valence-electron chi connectivity index (χ3n) is 1.80. The number of ether oxygens (including phenoxy) is 1. The standard InChI is InChI=1S/C10H19ClO2.H2O/c1-9(2)6-4-3-5-7-13-10(12)8-11;/h9H,3-8H2,1-2H3;1H2. The molecule has 0 aromatic heterocycles. The van der Waals surface area contributed by atoms with Gasteiger partial charge in [0.1, 0.15) is 5.88 Å². The molecule has 86 valence electrons. The Hall–Kier alpha value is -0.280. The molecule has 0 aliphatic carbocycles. The summed E-state index contributed by atoms with van der Waals surface area (Å²) in [6.07, 6.45) is 4.56. The Bertz CT molecular complexity index is 137. The summed E-state index contributed by atoms with van der Waals surface area (Å²) < 4.78 is 4.83. The molecule has 4 heteroatoms. The Morgan fingerprint density at radius 3 is 2.43 bits per heavy atom. The molecule has 14 heavy (non-hydrogen) atoms. The maximum absolute atomic E-state index is 10.6. The van der Waals surface area contributed by atoms with Gasteiger partial charge in [0.2, 0.25) is 0 Å². The molecule has 0 aliphatic rings. The smallest absolute Gasteiger partial charge is 0.320 e. The van der Waals surface area contributed by atoms with E-state index in [0.29, 0.717) is 6.61 Å². The topological polar surface area (TPSA) is 57.8 Å². The third-order valence-corrected chi connectivity index (χ3v) is 2.02. The van der Waals surface area contributed by atoms with E-state index in [1.807, 2.05) is 0 Å². The van der Waals surface area contributed by atoms with Gasteiger partial charge in [0.05, 0.1) is 6.61 Å². The van der Waals surface area contributed by atoms with Crippen LogP contribution in [0.2, 0.25) is 0 Å². The van der Waals surface area contributed by atoms with Gasteiger partial charge in [-0.25, -0.2) is 0 Å². The summed E-state index contributed by atoms with van der Waals surface area (Å²) in [6.45, 7) is 4.95. The second-order valence-electron chi connectivity index (χ2n) is 3.60. The van der Waals surface area contributed by atoms with Crippen LogP contribution < -0.4 is 0 Å². The van der Waals surface area contributed by atoms with Crippen LogP contribution >= 0.6 is 11.6 Å². The van der Waals surface area contributed by atoms with Gasteiger partial charge in [-0.15, -0.1) is 11.6 Å². The van der Waals surface area contributed by atoms with Gasteiger partial charge in [-0.2, -0.15) is 0 Å². The minimum Gasteiger partial charge on any atom is -0.465 e. The number of hydrogen-bond donors (Lipinski definition) is 0. The lowest BCUT2D eigenvalue weighted by atomic mass is 10.1. The first-order valence-electron chi connectivity index (χ1n) is 4.88. The quantitative estimate of drug-likeness (QED) is 0.378. The van der Waals surface area contributed by atoms with Crippen LogP contribution in [0.15, 0.2) is 0 Å². The second-order valence-corrected chi connectivity index (χ2v) is 3.86. The number of unbranched alkanes of at least 4 members (excludes halogenated alkanes) is 2. The highest BCUT2D eigenvalue weighted by atomic mass is 35.5. The molecule has 0 amide bonds. The van der Waals surface area contributed by atoms with Gasteiger partial charge in [-0.05, 0) is 12.3 Å². The molecule has 0 aromatic carbocycles. The zero-order valence-electron chi connectivity index (χ0n) is 9.01. The second kappa shape index (κ2) is 10.8. The fraction of sp³-hybridized carbons (Fsp3) is 0.900. The van der Waals surface area contributed by atoms with Gasteiger partial charge in [0, 0.05) is 0 Å². The van der Waals surface area contributed by atoms with Gasteiger partial charge < -0.3 is 10.2 Å². The molecule has 0 bridgehead atoms. The first-order chi connectivity index (χ1) is 6.16. The lowest BCUT2D eigenvalue weighted by Crippen LogP contribution is -2.06. The first kappa shape index (κ1) is 16.2. The fourth-order valence-corrected chi connectivity index (χ4v) is 1.13. The minimum atomic E-state index is -0.314. The van der Waals surface area contributed by atoms with Crippen LogP contribution in [0.4, 0.5) is 0 Å². The molecule has 0 radical (unpaired) electrons. The zero-order valence-corrected chi connectivity index (χ0v) is 9.77. The van der Waals surface area contributed by atoms with Crippen LogP contribution in [0.5, 0.6) is 0 Å². The lowest BCUT2D eigenvalue weighted by Gasteiger charge is -2.04. The van der Waals surface area contributed by atoms with Crippen molar-refractivity contribution in [1.29, 1.82) is 0 Å². The minimum absolute atomic E-state index is 0. The number of halogens is 1. The van der Waals surface area contributed by atoms with Crippen molar-refractivity contribution in [3.8, 4) is 0 Å². The molecule has 0 unspecified atom stereocenters. The van der Waals surface area contributed by atoms with Crippen LogP contribution in [0.1, 0.15) is 39.5 Å². The summed E-state index contributed by atoms with van der Waals surface area (Å²) in [4.78, 5) is 10.6. The van der Waals surface area contributed by atoms with E-state index in [9.17, 15) is 4.79 Å². The highest BCUT2D eigenvalue weighted by Gasteiger charge is 1.99. The summed E-state index contributed by atoms with van der Waals surface area (Å²) >= 11 is 5.26. The van der Waals surface area contributed by atoms with Gasteiger partial charge in [-0.3, -0.25) is 4.79 Å². The van der Waals surface area contributed by atoms with Gasteiger partial charge in [0.25, 0.3) is 0 Å².